The number of nitrogens with zero attached hydrogens (tertiary/aromatic N) is 6. The number of amides is 2. The highest BCUT2D eigenvalue weighted by atomic mass is 19.4. The van der Waals surface area contributed by atoms with Gasteiger partial charge in [-0.25, -0.2) is 14.7 Å². The topological polar surface area (TPSA) is 88.4 Å². The highest BCUT2D eigenvalue weighted by Gasteiger charge is 2.35. The molecule has 0 aliphatic carbocycles. The number of benzene rings is 2. The number of carbonyl (C=O) groups is 1. The Hall–Kier alpha value is -4.49. The second-order valence-electron chi connectivity index (χ2n) is 8.13. The van der Waals surface area contributed by atoms with Gasteiger partial charge in [-0.05, 0) is 42.5 Å². The van der Waals surface area contributed by atoms with Crippen LogP contribution in [0, 0.1) is 0 Å². The van der Waals surface area contributed by atoms with Crippen LogP contribution in [0.1, 0.15) is 5.56 Å². The van der Waals surface area contributed by atoms with Gasteiger partial charge in [0.15, 0.2) is 5.82 Å². The van der Waals surface area contributed by atoms with Crippen molar-refractivity contribution in [1.82, 2.24) is 19.7 Å². The molecule has 0 radical (unpaired) electrons. The molecule has 37 heavy (non-hydrogen) atoms. The molecule has 4 aromatic rings. The van der Waals surface area contributed by atoms with Gasteiger partial charge in [-0.1, -0.05) is 0 Å². The first-order valence-corrected chi connectivity index (χ1v) is 10.8. The third-order valence-electron chi connectivity index (χ3n) is 5.49. The molecule has 2 aromatic carbocycles. The number of alkyl halides is 5. The van der Waals surface area contributed by atoms with E-state index in [1.807, 2.05) is 0 Å². The minimum atomic E-state index is -4.50. The Balaban J connectivity index is 1.56. The van der Waals surface area contributed by atoms with Gasteiger partial charge >= 0.3 is 18.8 Å². The van der Waals surface area contributed by atoms with E-state index in [0.29, 0.717) is 11.3 Å². The second-order valence-corrected chi connectivity index (χ2v) is 8.13. The number of aromatic nitrogens is 4. The zero-order chi connectivity index (χ0) is 26.3. The average Bonchev–Trinajstić information content (AvgIpc) is 3.21. The van der Waals surface area contributed by atoms with E-state index in [9.17, 15) is 26.7 Å². The van der Waals surface area contributed by atoms with Crippen molar-refractivity contribution in [3.8, 4) is 5.75 Å². The summed E-state index contributed by atoms with van der Waals surface area (Å²) in [6, 6.07) is 9.95. The largest absolute Gasteiger partial charge is 0.435 e. The van der Waals surface area contributed by atoms with Gasteiger partial charge in [0.2, 0.25) is 5.95 Å². The molecular formula is C23H18F5N7O2. The molecule has 0 fully saturated rings. The van der Waals surface area contributed by atoms with Gasteiger partial charge in [-0.3, -0.25) is 9.58 Å². The van der Waals surface area contributed by atoms with Crippen LogP contribution in [0.5, 0.6) is 5.75 Å². The highest BCUT2D eigenvalue weighted by Crippen LogP contribution is 2.37. The number of halogens is 5. The molecule has 2 amide bonds. The smallest absolute Gasteiger partial charge is 0.405 e. The van der Waals surface area contributed by atoms with E-state index in [1.54, 1.807) is 36.1 Å². The molecule has 0 bridgehead atoms. The predicted octanol–water partition coefficient (Wildman–Crippen LogP) is 5.22. The summed E-state index contributed by atoms with van der Waals surface area (Å²) in [6.07, 6.45) is -1.37. The molecule has 2 aromatic heterocycles. The SMILES string of the molecule is Cn1cc2cc(N3Cc4cnc(NCC(F)(F)F)nc4N(c4ccc(OC(F)F)cc4)C3=O)ccc2n1. The maximum absolute atomic E-state index is 13.7. The number of fused-ring (bicyclic) bond motifs is 2. The summed E-state index contributed by atoms with van der Waals surface area (Å²) in [5.41, 5.74) is 1.96. The van der Waals surface area contributed by atoms with E-state index >= 15 is 0 Å². The summed E-state index contributed by atoms with van der Waals surface area (Å²) in [7, 11) is 1.77. The van der Waals surface area contributed by atoms with Crippen LogP contribution in [-0.4, -0.2) is 45.1 Å². The molecule has 0 spiro atoms. The van der Waals surface area contributed by atoms with Crippen LogP contribution >= 0.6 is 0 Å². The molecule has 192 valence electrons. The Morgan fingerprint density at radius 2 is 1.84 bits per heavy atom. The minimum Gasteiger partial charge on any atom is -0.435 e. The number of hydrogen-bond donors (Lipinski definition) is 1. The molecule has 9 nitrogen and oxygen atoms in total. The van der Waals surface area contributed by atoms with Crippen molar-refractivity contribution < 1.29 is 31.5 Å². The summed E-state index contributed by atoms with van der Waals surface area (Å²) < 4.78 is 69.3. The third-order valence-corrected chi connectivity index (χ3v) is 5.49. The van der Waals surface area contributed by atoms with Crippen LogP contribution in [0.4, 0.5) is 49.9 Å². The van der Waals surface area contributed by atoms with Crippen molar-refractivity contribution in [2.45, 2.75) is 19.3 Å². The van der Waals surface area contributed by atoms with Crippen LogP contribution in [0.2, 0.25) is 0 Å². The van der Waals surface area contributed by atoms with Crippen molar-refractivity contribution >= 4 is 40.1 Å². The number of nitrogens with one attached hydrogen (secondary N) is 1. The Kier molecular flexibility index (Phi) is 6.01. The number of rotatable bonds is 6. The lowest BCUT2D eigenvalue weighted by molar-refractivity contribution is -0.115. The van der Waals surface area contributed by atoms with Gasteiger partial charge < -0.3 is 10.1 Å². The van der Waals surface area contributed by atoms with Crippen molar-refractivity contribution in [1.29, 1.82) is 0 Å². The Bertz CT molecular complexity index is 1460. The van der Waals surface area contributed by atoms with Gasteiger partial charge in [0.1, 0.15) is 12.3 Å². The Morgan fingerprint density at radius 1 is 1.11 bits per heavy atom. The maximum Gasteiger partial charge on any atom is 0.405 e. The van der Waals surface area contributed by atoms with Gasteiger partial charge in [-0.15, -0.1) is 0 Å². The number of urea groups is 1. The maximum atomic E-state index is 13.7. The molecule has 14 heteroatoms. The molecule has 0 saturated heterocycles. The molecule has 1 aliphatic heterocycles. The standard InChI is InChI=1S/C23H18F5N7O2/c1-33-10-13-8-16(4-7-18(13)32-33)34-11-14-9-29-21(30-12-23(26,27)28)31-19(14)35(22(34)36)15-2-5-17(6-3-15)37-20(24)25/h2-10,20H,11-12H2,1H3,(H,29,30,31). The third kappa shape index (κ3) is 5.08. The average molecular weight is 519 g/mol. The lowest BCUT2D eigenvalue weighted by Gasteiger charge is -2.36. The molecular weight excluding hydrogens is 501 g/mol. The monoisotopic (exact) mass is 519 g/mol. The minimum absolute atomic E-state index is 0.0442. The van der Waals surface area contributed by atoms with Crippen LogP contribution in [-0.2, 0) is 13.6 Å². The summed E-state index contributed by atoms with van der Waals surface area (Å²) >= 11 is 0. The van der Waals surface area contributed by atoms with E-state index in [0.717, 1.165) is 10.9 Å². The number of hydrogen-bond acceptors (Lipinski definition) is 6. The quantitative estimate of drug-likeness (QED) is 0.352. The number of anilines is 4. The molecule has 0 saturated carbocycles. The first-order valence-electron chi connectivity index (χ1n) is 10.8. The summed E-state index contributed by atoms with van der Waals surface area (Å²) in [5, 5.41) is 7.22. The first-order chi connectivity index (χ1) is 17.6. The van der Waals surface area contributed by atoms with Crippen molar-refractivity contribution in [3.05, 3.63) is 60.4 Å². The van der Waals surface area contributed by atoms with E-state index in [-0.39, 0.29) is 29.7 Å². The van der Waals surface area contributed by atoms with Crippen LogP contribution in [0.15, 0.2) is 54.9 Å². The number of ether oxygens (including phenoxy) is 1. The lowest BCUT2D eigenvalue weighted by atomic mass is 10.1. The molecule has 3 heterocycles. The lowest BCUT2D eigenvalue weighted by Crippen LogP contribution is -2.45. The fourth-order valence-electron chi connectivity index (χ4n) is 3.93. The Morgan fingerprint density at radius 3 is 2.54 bits per heavy atom. The van der Waals surface area contributed by atoms with E-state index < -0.39 is 25.4 Å². The molecule has 0 atom stereocenters. The molecule has 1 aliphatic rings. The second kappa shape index (κ2) is 9.19. The van der Waals surface area contributed by atoms with Crippen molar-refractivity contribution in [3.63, 3.8) is 0 Å². The summed E-state index contributed by atoms with van der Waals surface area (Å²) in [4.78, 5) is 24.5. The van der Waals surface area contributed by atoms with Crippen LogP contribution < -0.4 is 19.9 Å². The van der Waals surface area contributed by atoms with Crippen LogP contribution in [0.3, 0.4) is 0 Å². The van der Waals surface area contributed by atoms with Gasteiger partial charge in [0, 0.05) is 36.1 Å². The predicted molar refractivity (Wildman–Crippen MR) is 124 cm³/mol. The fraction of sp³-hybridized carbons (Fsp3) is 0.217. The van der Waals surface area contributed by atoms with Crippen molar-refractivity contribution in [2.75, 3.05) is 21.7 Å². The zero-order valence-electron chi connectivity index (χ0n) is 19.1. The first kappa shape index (κ1) is 24.2. The van der Waals surface area contributed by atoms with Crippen molar-refractivity contribution in [2.24, 2.45) is 7.05 Å². The van der Waals surface area contributed by atoms with E-state index in [2.05, 4.69) is 25.1 Å². The van der Waals surface area contributed by atoms with Gasteiger partial charge in [-0.2, -0.15) is 32.0 Å². The van der Waals surface area contributed by atoms with Gasteiger partial charge in [0.05, 0.1) is 17.7 Å². The number of aryl methyl sites for hydroxylation is 1. The highest BCUT2D eigenvalue weighted by molar-refractivity contribution is 6.10. The molecule has 5 rings (SSSR count). The van der Waals surface area contributed by atoms with Crippen LogP contribution in [0.25, 0.3) is 10.9 Å². The zero-order valence-corrected chi connectivity index (χ0v) is 19.1. The molecule has 1 N–H and O–H groups in total. The molecule has 0 unspecified atom stereocenters. The van der Waals surface area contributed by atoms with Gasteiger partial charge in [0.25, 0.3) is 0 Å². The summed E-state index contributed by atoms with van der Waals surface area (Å²) in [6.45, 7) is -4.35. The summed E-state index contributed by atoms with van der Waals surface area (Å²) in [5.74, 6) is -0.389. The van der Waals surface area contributed by atoms with E-state index in [1.165, 1.54) is 40.3 Å². The fourth-order valence-corrected chi connectivity index (χ4v) is 3.93. The van der Waals surface area contributed by atoms with E-state index in [4.69, 9.17) is 0 Å². The number of carbonyl (C=O) groups excluding carboxylic acids is 1. The Labute approximate surface area is 206 Å². The normalized spacial score (nSPS) is 13.9.